The van der Waals surface area contributed by atoms with Crippen LogP contribution in [0.2, 0.25) is 0 Å². The van der Waals surface area contributed by atoms with Crippen LogP contribution in [0.5, 0.6) is 11.5 Å². The van der Waals surface area contributed by atoms with Gasteiger partial charge in [-0.05, 0) is 24.6 Å². The van der Waals surface area contributed by atoms with Crippen molar-refractivity contribution >= 4 is 23.4 Å². The molecule has 3 aliphatic heterocycles. The Hall–Kier alpha value is -3.44. The summed E-state index contributed by atoms with van der Waals surface area (Å²) in [5, 5.41) is 3.34. The van der Waals surface area contributed by atoms with Crippen LogP contribution in [0.1, 0.15) is 12.5 Å². The molecule has 35 heavy (non-hydrogen) atoms. The van der Waals surface area contributed by atoms with Crippen LogP contribution >= 0.6 is 0 Å². The third kappa shape index (κ3) is 3.33. The number of methoxy groups -OCH3 is 3. The number of carbonyl (C=O) groups is 3. The lowest BCUT2D eigenvalue weighted by Gasteiger charge is -2.39. The Morgan fingerprint density at radius 3 is 2.63 bits per heavy atom. The Labute approximate surface area is 202 Å². The number of aliphatic imine (C=N–C) groups is 1. The number of rotatable bonds is 7. The van der Waals surface area contributed by atoms with Gasteiger partial charge in [-0.2, -0.15) is 0 Å². The van der Waals surface area contributed by atoms with Gasteiger partial charge in [-0.1, -0.05) is 6.07 Å². The minimum absolute atomic E-state index is 0.0948. The summed E-state index contributed by atoms with van der Waals surface area (Å²) in [4.78, 5) is 45.3. The van der Waals surface area contributed by atoms with Crippen molar-refractivity contribution in [2.45, 2.75) is 31.3 Å². The molecule has 3 heterocycles. The Bertz CT molecular complexity index is 1180. The maximum atomic E-state index is 13.8. The highest BCUT2D eigenvalue weighted by Gasteiger charge is 2.73. The Balaban J connectivity index is 1.51. The van der Waals surface area contributed by atoms with Crippen molar-refractivity contribution in [3.8, 4) is 11.5 Å². The van der Waals surface area contributed by atoms with Gasteiger partial charge in [0.15, 0.2) is 23.0 Å². The Morgan fingerprint density at radius 1 is 1.23 bits per heavy atom. The van der Waals surface area contributed by atoms with Gasteiger partial charge >= 0.3 is 6.09 Å². The number of ketones is 2. The van der Waals surface area contributed by atoms with E-state index in [1.807, 2.05) is 11.0 Å². The molecule has 0 saturated carbocycles. The number of nitrogens with one attached hydrogen (secondary N) is 1. The summed E-state index contributed by atoms with van der Waals surface area (Å²) in [5.41, 5.74) is 5.79. The van der Waals surface area contributed by atoms with Gasteiger partial charge < -0.3 is 34.9 Å². The number of nitrogens with zero attached hydrogens (tertiary/aromatic N) is 2. The fourth-order valence-electron chi connectivity index (χ4n) is 5.74. The van der Waals surface area contributed by atoms with Crippen LogP contribution < -0.4 is 20.5 Å². The highest BCUT2D eigenvalue weighted by atomic mass is 16.6. The molecule has 5 atom stereocenters. The van der Waals surface area contributed by atoms with E-state index in [1.165, 1.54) is 7.11 Å². The fraction of sp³-hybridized carbons (Fsp3) is 0.500. The van der Waals surface area contributed by atoms with Gasteiger partial charge in [0, 0.05) is 25.3 Å². The highest BCUT2D eigenvalue weighted by Crippen LogP contribution is 2.55. The molecule has 11 nitrogen and oxygen atoms in total. The lowest BCUT2D eigenvalue weighted by molar-refractivity contribution is -0.138. The number of fused-ring (bicyclic) bond motifs is 4. The predicted octanol–water partition coefficient (Wildman–Crippen LogP) is 0.411. The molecule has 1 aromatic carbocycles. The van der Waals surface area contributed by atoms with E-state index in [0.717, 1.165) is 5.56 Å². The minimum atomic E-state index is -1.01. The molecule has 0 spiro atoms. The number of piperazine rings is 1. The number of nitrogens with two attached hydrogens (primary N) is 1. The van der Waals surface area contributed by atoms with Crippen molar-refractivity contribution in [2.24, 2.45) is 22.6 Å². The average Bonchev–Trinajstić information content (AvgIpc) is 3.46. The lowest BCUT2D eigenvalue weighted by atomic mass is 9.78. The van der Waals surface area contributed by atoms with E-state index in [-0.39, 0.29) is 48.1 Å². The third-order valence-corrected chi connectivity index (χ3v) is 7.42. The maximum Gasteiger partial charge on any atom is 0.404 e. The van der Waals surface area contributed by atoms with Crippen molar-refractivity contribution in [3.05, 3.63) is 35.0 Å². The first-order valence-electron chi connectivity index (χ1n) is 11.4. The molecule has 4 aliphatic rings. The Morgan fingerprint density at radius 2 is 1.97 bits per heavy atom. The molecule has 0 radical (unpaired) electrons. The molecule has 5 rings (SSSR count). The van der Waals surface area contributed by atoms with E-state index >= 15 is 0 Å². The second-order valence-corrected chi connectivity index (χ2v) is 9.07. The zero-order valence-electron chi connectivity index (χ0n) is 20.0. The van der Waals surface area contributed by atoms with Crippen LogP contribution in [-0.4, -0.2) is 80.6 Å². The molecular formula is C24H28N4O7. The molecule has 1 aromatic rings. The molecule has 2 saturated heterocycles. The van der Waals surface area contributed by atoms with Crippen molar-refractivity contribution < 1.29 is 33.3 Å². The van der Waals surface area contributed by atoms with E-state index in [2.05, 4.69) is 10.3 Å². The average molecular weight is 485 g/mol. The molecular weight excluding hydrogens is 456 g/mol. The van der Waals surface area contributed by atoms with Gasteiger partial charge in [-0.25, -0.2) is 4.79 Å². The topological polar surface area (TPSA) is 152 Å². The zero-order chi connectivity index (χ0) is 25.1. The van der Waals surface area contributed by atoms with Gasteiger partial charge in [0.25, 0.3) is 0 Å². The highest BCUT2D eigenvalue weighted by molar-refractivity contribution is 6.53. The number of hydrogen-bond donors (Lipinski definition) is 2. The van der Waals surface area contributed by atoms with E-state index < -0.39 is 23.7 Å². The smallest absolute Gasteiger partial charge is 0.404 e. The molecule has 11 heteroatoms. The SMILES string of the molecule is COc1ccc(CN=C2C(=O)C3=C(C(=O)C2C)N2CC4NC4C2(OC)C3COC(N)=O)cc1OC. The summed E-state index contributed by atoms with van der Waals surface area (Å²) in [6, 6.07) is 5.41. The normalized spacial score (nSPS) is 31.9. The van der Waals surface area contributed by atoms with Gasteiger partial charge in [0.2, 0.25) is 5.78 Å². The number of primary amides is 1. The second-order valence-electron chi connectivity index (χ2n) is 9.07. The summed E-state index contributed by atoms with van der Waals surface area (Å²) < 4.78 is 21.7. The molecule has 5 unspecified atom stereocenters. The summed E-state index contributed by atoms with van der Waals surface area (Å²) in [6.45, 7) is 2.21. The van der Waals surface area contributed by atoms with Gasteiger partial charge in [-0.15, -0.1) is 0 Å². The summed E-state index contributed by atoms with van der Waals surface area (Å²) in [5.74, 6) is -0.824. The summed E-state index contributed by atoms with van der Waals surface area (Å²) >= 11 is 0. The minimum Gasteiger partial charge on any atom is -0.493 e. The third-order valence-electron chi connectivity index (χ3n) is 7.42. The van der Waals surface area contributed by atoms with Gasteiger partial charge in [-0.3, -0.25) is 14.6 Å². The fourth-order valence-corrected chi connectivity index (χ4v) is 5.74. The van der Waals surface area contributed by atoms with Crippen molar-refractivity contribution in [3.63, 3.8) is 0 Å². The number of amides is 1. The van der Waals surface area contributed by atoms with Crippen LogP contribution in [0.4, 0.5) is 4.79 Å². The van der Waals surface area contributed by atoms with Crippen LogP contribution in [0.25, 0.3) is 0 Å². The number of ether oxygens (including phenoxy) is 4. The van der Waals surface area contributed by atoms with Crippen molar-refractivity contribution in [1.29, 1.82) is 0 Å². The summed E-state index contributed by atoms with van der Waals surface area (Å²) in [7, 11) is 4.63. The second kappa shape index (κ2) is 8.35. The first-order chi connectivity index (χ1) is 16.8. The number of allylic oxidation sites excluding steroid dienone is 1. The largest absolute Gasteiger partial charge is 0.493 e. The van der Waals surface area contributed by atoms with Crippen LogP contribution in [0.15, 0.2) is 34.5 Å². The summed E-state index contributed by atoms with van der Waals surface area (Å²) in [6.07, 6.45) is -0.958. The first kappa shape index (κ1) is 23.3. The van der Waals surface area contributed by atoms with Crippen molar-refractivity contribution in [1.82, 2.24) is 10.2 Å². The molecule has 0 bridgehead atoms. The maximum absolute atomic E-state index is 13.8. The lowest BCUT2D eigenvalue weighted by Crippen LogP contribution is -2.55. The molecule has 3 N–H and O–H groups in total. The van der Waals surface area contributed by atoms with E-state index in [9.17, 15) is 14.4 Å². The predicted molar refractivity (Wildman–Crippen MR) is 123 cm³/mol. The quantitative estimate of drug-likeness (QED) is 0.524. The standard InChI is InChI=1S/C24H28N4O7/c1-11-18(26-8-12-5-6-15(32-2)16(7-12)33-3)21(30)17-13(10-35-23(25)31)24(34-4)22-14(27-22)9-28(24)19(17)20(11)29/h5-7,11,13-14,22,27H,8-10H2,1-4H3,(H2,25,31). The zero-order valence-corrected chi connectivity index (χ0v) is 20.0. The molecule has 1 aliphatic carbocycles. The van der Waals surface area contributed by atoms with E-state index in [4.69, 9.17) is 24.7 Å². The van der Waals surface area contributed by atoms with Crippen LogP contribution in [-0.2, 0) is 25.6 Å². The number of benzene rings is 1. The van der Waals surface area contributed by atoms with E-state index in [0.29, 0.717) is 23.7 Å². The van der Waals surface area contributed by atoms with Crippen LogP contribution in [0.3, 0.4) is 0 Å². The number of hydrogen-bond acceptors (Lipinski definition) is 10. The first-order valence-corrected chi connectivity index (χ1v) is 11.4. The monoisotopic (exact) mass is 484 g/mol. The molecule has 186 valence electrons. The van der Waals surface area contributed by atoms with Crippen molar-refractivity contribution in [2.75, 3.05) is 34.5 Å². The van der Waals surface area contributed by atoms with E-state index in [1.54, 1.807) is 33.3 Å². The molecule has 0 aromatic heterocycles. The molecule has 1 amide bonds. The van der Waals surface area contributed by atoms with Gasteiger partial charge in [0.1, 0.15) is 6.61 Å². The number of carbonyl (C=O) groups excluding carboxylic acids is 3. The van der Waals surface area contributed by atoms with Gasteiger partial charge in [0.05, 0.1) is 50.1 Å². The Kier molecular flexibility index (Phi) is 5.56. The molecule has 2 fully saturated rings. The van der Waals surface area contributed by atoms with Crippen LogP contribution in [0, 0.1) is 11.8 Å². The number of Topliss-reactive ketones (excluding diaryl/α,β-unsaturated/α-hetero) is 2.